The summed E-state index contributed by atoms with van der Waals surface area (Å²) in [7, 11) is 1.75. The number of hydrogen-bond acceptors (Lipinski definition) is 3. The summed E-state index contributed by atoms with van der Waals surface area (Å²) in [4.78, 5) is 6.43. The van der Waals surface area contributed by atoms with E-state index in [1.807, 2.05) is 32.2 Å². The maximum absolute atomic E-state index is 14.5. The average molecular weight is 304 g/mol. The van der Waals surface area contributed by atoms with Gasteiger partial charge in [-0.3, -0.25) is 4.99 Å². The predicted molar refractivity (Wildman–Crippen MR) is 90.2 cm³/mol. The fraction of sp³-hybridized carbons (Fsp3) is 0.529. The molecule has 0 unspecified atom stereocenters. The first-order valence-corrected chi connectivity index (χ1v) is 7.70. The fourth-order valence-electron chi connectivity index (χ4n) is 2.76. The maximum Gasteiger partial charge on any atom is 0.148 e. The summed E-state index contributed by atoms with van der Waals surface area (Å²) in [6.45, 7) is 8.98. The minimum Gasteiger partial charge on any atom is -0.370 e. The van der Waals surface area contributed by atoms with E-state index >= 15 is 0 Å². The van der Waals surface area contributed by atoms with Crippen molar-refractivity contribution in [3.05, 3.63) is 36.5 Å². The van der Waals surface area contributed by atoms with Crippen LogP contribution in [0.15, 0.2) is 41.1 Å². The van der Waals surface area contributed by atoms with Crippen LogP contribution in [0, 0.1) is 0 Å². The molecule has 1 fully saturated rings. The summed E-state index contributed by atoms with van der Waals surface area (Å²) < 4.78 is 16.3. The van der Waals surface area contributed by atoms with Crippen molar-refractivity contribution in [2.24, 2.45) is 10.1 Å². The number of pyridine rings is 1. The Bertz CT molecular complexity index is 618. The Hall–Kier alpha value is -1.91. The van der Waals surface area contributed by atoms with Gasteiger partial charge in [-0.1, -0.05) is 6.08 Å². The second kappa shape index (κ2) is 6.90. The summed E-state index contributed by atoms with van der Waals surface area (Å²) in [5, 5.41) is 4.47. The van der Waals surface area contributed by atoms with Gasteiger partial charge in [0.15, 0.2) is 0 Å². The van der Waals surface area contributed by atoms with Crippen LogP contribution >= 0.6 is 0 Å². The highest BCUT2D eigenvalue weighted by atomic mass is 19.1. The number of alkyl halides is 1. The first kappa shape index (κ1) is 16.5. The highest BCUT2D eigenvalue weighted by Gasteiger charge is 2.33. The Morgan fingerprint density at radius 3 is 2.59 bits per heavy atom. The van der Waals surface area contributed by atoms with Gasteiger partial charge in [-0.2, -0.15) is 5.10 Å². The van der Waals surface area contributed by atoms with Crippen LogP contribution < -0.4 is 10.4 Å². The van der Waals surface area contributed by atoms with E-state index in [4.69, 9.17) is 0 Å². The van der Waals surface area contributed by atoms with Gasteiger partial charge in [-0.25, -0.2) is 9.07 Å². The topological polar surface area (TPSA) is 32.9 Å². The Labute approximate surface area is 131 Å². The van der Waals surface area contributed by atoms with E-state index in [2.05, 4.69) is 21.6 Å². The van der Waals surface area contributed by atoms with Gasteiger partial charge in [0.25, 0.3) is 0 Å². The molecular weight excluding hydrogens is 279 g/mol. The van der Waals surface area contributed by atoms with Crippen molar-refractivity contribution >= 4 is 11.4 Å². The molecule has 0 aliphatic carbocycles. The number of hydrogen-bond donors (Lipinski definition) is 0. The third-order valence-electron chi connectivity index (χ3n) is 3.96. The molecule has 2 heterocycles. The maximum atomic E-state index is 14.5. The van der Waals surface area contributed by atoms with Crippen LogP contribution in [0.4, 0.5) is 10.1 Å². The third-order valence-corrected chi connectivity index (χ3v) is 3.96. The van der Waals surface area contributed by atoms with E-state index in [9.17, 15) is 4.39 Å². The zero-order chi connectivity index (χ0) is 16.2. The Kier molecular flexibility index (Phi) is 5.16. The molecule has 2 rings (SSSR count). The van der Waals surface area contributed by atoms with Crippen molar-refractivity contribution in [2.45, 2.75) is 38.8 Å². The number of piperidine rings is 1. The zero-order valence-corrected chi connectivity index (χ0v) is 13.7. The quantitative estimate of drug-likeness (QED) is 0.621. The number of allylic oxidation sites excluding steroid dienone is 1. The summed E-state index contributed by atoms with van der Waals surface area (Å²) in [6, 6.07) is 3.97. The SMILES string of the molecule is C=CCC1(F)CCN(c2ccc(=NC)n(N=C(C)C)c2)CC1. The van der Waals surface area contributed by atoms with Crippen LogP contribution in [0.5, 0.6) is 0 Å². The van der Waals surface area contributed by atoms with Gasteiger partial charge < -0.3 is 4.90 Å². The van der Waals surface area contributed by atoms with Crippen molar-refractivity contribution < 1.29 is 4.39 Å². The van der Waals surface area contributed by atoms with Gasteiger partial charge >= 0.3 is 0 Å². The number of rotatable bonds is 4. The summed E-state index contributed by atoms with van der Waals surface area (Å²) in [5.41, 5.74) is 1.72. The molecule has 4 nitrogen and oxygen atoms in total. The third kappa shape index (κ3) is 3.84. The predicted octanol–water partition coefficient (Wildman–Crippen LogP) is 3.15. The van der Waals surface area contributed by atoms with E-state index in [0.717, 1.165) is 16.9 Å². The number of nitrogens with zero attached hydrogens (tertiary/aromatic N) is 4. The second-order valence-corrected chi connectivity index (χ2v) is 5.99. The standard InChI is InChI=1S/C17H25FN4/c1-5-8-17(18)9-11-21(12-10-17)15-6-7-16(19-4)22(13-15)20-14(2)3/h5-7,13H,1,8-12H2,2-4H3. The van der Waals surface area contributed by atoms with Crippen molar-refractivity contribution in [2.75, 3.05) is 25.0 Å². The monoisotopic (exact) mass is 304 g/mol. The largest absolute Gasteiger partial charge is 0.370 e. The normalized spacial score (nSPS) is 18.2. The fourth-order valence-corrected chi connectivity index (χ4v) is 2.76. The number of anilines is 1. The molecule has 5 heteroatoms. The summed E-state index contributed by atoms with van der Waals surface area (Å²) >= 11 is 0. The summed E-state index contributed by atoms with van der Waals surface area (Å²) in [6.07, 6.45) is 5.16. The molecule has 0 atom stereocenters. The molecule has 0 bridgehead atoms. The number of halogens is 1. The molecule has 1 aromatic heterocycles. The molecular formula is C17H25FN4. The van der Waals surface area contributed by atoms with Gasteiger partial charge in [-0.05, 0) is 45.2 Å². The van der Waals surface area contributed by atoms with E-state index in [1.165, 1.54) is 0 Å². The van der Waals surface area contributed by atoms with Crippen molar-refractivity contribution in [1.82, 2.24) is 4.68 Å². The molecule has 1 aliphatic rings. The lowest BCUT2D eigenvalue weighted by Gasteiger charge is -2.37. The molecule has 0 aromatic carbocycles. The van der Waals surface area contributed by atoms with Crippen LogP contribution in [0.25, 0.3) is 0 Å². The lowest BCUT2D eigenvalue weighted by Crippen LogP contribution is -2.41. The van der Waals surface area contributed by atoms with Crippen LogP contribution in [-0.2, 0) is 0 Å². The minimum absolute atomic E-state index is 0.438. The van der Waals surface area contributed by atoms with E-state index in [1.54, 1.807) is 17.8 Å². The Balaban J connectivity index is 2.21. The van der Waals surface area contributed by atoms with Crippen LogP contribution in [0.1, 0.15) is 33.1 Å². The van der Waals surface area contributed by atoms with Gasteiger partial charge in [0.05, 0.1) is 11.9 Å². The summed E-state index contributed by atoms with van der Waals surface area (Å²) in [5.74, 6) is 0. The molecule has 1 aromatic rings. The van der Waals surface area contributed by atoms with Crippen LogP contribution in [-0.4, -0.2) is 36.2 Å². The molecule has 0 spiro atoms. The first-order valence-electron chi connectivity index (χ1n) is 7.70. The average Bonchev–Trinajstić information content (AvgIpc) is 2.47. The highest BCUT2D eigenvalue weighted by molar-refractivity contribution is 5.78. The van der Waals surface area contributed by atoms with Crippen LogP contribution in [0.2, 0.25) is 0 Å². The number of aromatic nitrogens is 1. The smallest absolute Gasteiger partial charge is 0.148 e. The lowest BCUT2D eigenvalue weighted by molar-refractivity contribution is 0.129. The van der Waals surface area contributed by atoms with E-state index < -0.39 is 5.67 Å². The van der Waals surface area contributed by atoms with Crippen molar-refractivity contribution in [1.29, 1.82) is 0 Å². The molecule has 1 aliphatic heterocycles. The van der Waals surface area contributed by atoms with E-state index in [0.29, 0.717) is 32.4 Å². The second-order valence-electron chi connectivity index (χ2n) is 5.99. The molecule has 0 radical (unpaired) electrons. The molecule has 120 valence electrons. The Morgan fingerprint density at radius 1 is 1.36 bits per heavy atom. The van der Waals surface area contributed by atoms with Crippen LogP contribution in [0.3, 0.4) is 0 Å². The molecule has 0 saturated carbocycles. The first-order chi connectivity index (χ1) is 10.5. The lowest BCUT2D eigenvalue weighted by atomic mass is 9.90. The van der Waals surface area contributed by atoms with Gasteiger partial charge in [0.2, 0.25) is 0 Å². The molecule has 1 saturated heterocycles. The van der Waals surface area contributed by atoms with Gasteiger partial charge in [0, 0.05) is 25.8 Å². The van der Waals surface area contributed by atoms with E-state index in [-0.39, 0.29) is 0 Å². The zero-order valence-electron chi connectivity index (χ0n) is 13.7. The van der Waals surface area contributed by atoms with Gasteiger partial charge in [-0.15, -0.1) is 6.58 Å². The highest BCUT2D eigenvalue weighted by Crippen LogP contribution is 2.32. The van der Waals surface area contributed by atoms with Gasteiger partial charge in [0.1, 0.15) is 11.2 Å². The minimum atomic E-state index is -1.09. The van der Waals surface area contributed by atoms with Crippen molar-refractivity contribution in [3.63, 3.8) is 0 Å². The van der Waals surface area contributed by atoms with Crippen molar-refractivity contribution in [3.8, 4) is 0 Å². The molecule has 0 N–H and O–H groups in total. The molecule has 22 heavy (non-hydrogen) atoms. The Morgan fingerprint density at radius 2 is 2.05 bits per heavy atom. The molecule has 0 amide bonds.